The molecule has 0 N–H and O–H groups in total. The highest BCUT2D eigenvalue weighted by atomic mass is 16.3. The van der Waals surface area contributed by atoms with E-state index in [0.29, 0.717) is 25.3 Å². The summed E-state index contributed by atoms with van der Waals surface area (Å²) >= 11 is 0. The molecule has 0 aliphatic carbocycles. The Morgan fingerprint density at radius 2 is 2.28 bits per heavy atom. The van der Waals surface area contributed by atoms with E-state index in [0.717, 1.165) is 11.5 Å². The van der Waals surface area contributed by atoms with Gasteiger partial charge in [-0.15, -0.1) is 0 Å². The second-order valence-electron chi connectivity index (χ2n) is 4.68. The van der Waals surface area contributed by atoms with Gasteiger partial charge in [-0.05, 0) is 32.0 Å². The lowest BCUT2D eigenvalue weighted by Crippen LogP contribution is -2.07. The summed E-state index contributed by atoms with van der Waals surface area (Å²) in [6, 6.07) is 5.97. The van der Waals surface area contributed by atoms with Crippen LogP contribution in [0.3, 0.4) is 0 Å². The molecule has 0 atom stereocenters. The minimum atomic E-state index is 0.195. The monoisotopic (exact) mass is 246 g/mol. The van der Waals surface area contributed by atoms with Gasteiger partial charge in [0, 0.05) is 25.1 Å². The number of ketones is 1. The standard InChI is InChI=1S/C14H18N2O2/c1-11(2)16-8-7-12(15-16)10-13(17)5-6-14-4-3-9-18-14/h3-4,7-9,11H,5-6,10H2,1-2H3. The molecule has 0 aliphatic rings. The van der Waals surface area contributed by atoms with E-state index in [9.17, 15) is 4.79 Å². The molecule has 0 saturated carbocycles. The zero-order valence-corrected chi connectivity index (χ0v) is 10.8. The summed E-state index contributed by atoms with van der Waals surface area (Å²) < 4.78 is 7.07. The van der Waals surface area contributed by atoms with Crippen molar-refractivity contribution in [2.75, 3.05) is 0 Å². The predicted octanol–water partition coefficient (Wildman–Crippen LogP) is 2.80. The number of hydrogen-bond acceptors (Lipinski definition) is 3. The fourth-order valence-electron chi connectivity index (χ4n) is 1.77. The molecule has 0 saturated heterocycles. The normalized spacial score (nSPS) is 11.1. The Kier molecular flexibility index (Phi) is 3.97. The van der Waals surface area contributed by atoms with Crippen LogP contribution >= 0.6 is 0 Å². The van der Waals surface area contributed by atoms with Gasteiger partial charge in [0.2, 0.25) is 0 Å². The summed E-state index contributed by atoms with van der Waals surface area (Å²) in [7, 11) is 0. The molecule has 2 aromatic heterocycles. The van der Waals surface area contributed by atoms with Crippen LogP contribution in [-0.4, -0.2) is 15.6 Å². The molecule has 0 unspecified atom stereocenters. The average Bonchev–Trinajstić information content (AvgIpc) is 2.96. The highest BCUT2D eigenvalue weighted by molar-refractivity contribution is 5.80. The molecular weight excluding hydrogens is 228 g/mol. The zero-order valence-electron chi connectivity index (χ0n) is 10.8. The highest BCUT2D eigenvalue weighted by Gasteiger charge is 2.08. The smallest absolute Gasteiger partial charge is 0.139 e. The van der Waals surface area contributed by atoms with Gasteiger partial charge < -0.3 is 4.42 Å². The van der Waals surface area contributed by atoms with Crippen LogP contribution in [0.5, 0.6) is 0 Å². The number of furan rings is 1. The Bertz CT molecular complexity index is 498. The fraction of sp³-hybridized carbons (Fsp3) is 0.429. The summed E-state index contributed by atoms with van der Waals surface area (Å²) in [6.07, 6.45) is 5.11. The molecule has 2 aromatic rings. The third-order valence-corrected chi connectivity index (χ3v) is 2.80. The van der Waals surface area contributed by atoms with Gasteiger partial charge in [-0.2, -0.15) is 5.10 Å². The van der Waals surface area contributed by atoms with Gasteiger partial charge in [-0.3, -0.25) is 9.48 Å². The van der Waals surface area contributed by atoms with Crippen molar-refractivity contribution < 1.29 is 9.21 Å². The number of carbonyl (C=O) groups excluding carboxylic acids is 1. The number of Topliss-reactive ketones (excluding diaryl/α,β-unsaturated/α-hetero) is 1. The van der Waals surface area contributed by atoms with Crippen molar-refractivity contribution >= 4 is 5.78 Å². The summed E-state index contributed by atoms with van der Waals surface area (Å²) in [5.74, 6) is 1.05. The Morgan fingerprint density at radius 3 is 2.89 bits per heavy atom. The van der Waals surface area contributed by atoms with Gasteiger partial charge in [0.25, 0.3) is 0 Å². The van der Waals surface area contributed by atoms with Crippen LogP contribution in [-0.2, 0) is 17.6 Å². The SMILES string of the molecule is CC(C)n1ccc(CC(=O)CCc2ccco2)n1. The number of hydrogen-bond donors (Lipinski definition) is 0. The quantitative estimate of drug-likeness (QED) is 0.787. The third kappa shape index (κ3) is 3.32. The molecule has 4 heteroatoms. The molecule has 0 aromatic carbocycles. The summed E-state index contributed by atoms with van der Waals surface area (Å²) in [6.45, 7) is 4.13. The largest absolute Gasteiger partial charge is 0.469 e. The van der Waals surface area contributed by atoms with Crippen LogP contribution in [0.15, 0.2) is 35.1 Å². The molecule has 0 radical (unpaired) electrons. The molecule has 2 rings (SSSR count). The van der Waals surface area contributed by atoms with Crippen LogP contribution in [0.25, 0.3) is 0 Å². The maximum Gasteiger partial charge on any atom is 0.139 e. The first-order valence-electron chi connectivity index (χ1n) is 6.23. The molecule has 0 spiro atoms. The summed E-state index contributed by atoms with van der Waals surface area (Å²) in [5.41, 5.74) is 0.841. The van der Waals surface area contributed by atoms with Gasteiger partial charge >= 0.3 is 0 Å². The van der Waals surface area contributed by atoms with E-state index >= 15 is 0 Å². The summed E-state index contributed by atoms with van der Waals surface area (Å²) in [5, 5.41) is 4.37. The molecule has 0 aliphatic heterocycles. The van der Waals surface area contributed by atoms with Gasteiger partial charge in [-0.25, -0.2) is 0 Å². The van der Waals surface area contributed by atoms with E-state index in [1.165, 1.54) is 0 Å². The van der Waals surface area contributed by atoms with Crippen molar-refractivity contribution in [1.82, 2.24) is 9.78 Å². The summed E-state index contributed by atoms with van der Waals surface area (Å²) in [4.78, 5) is 11.8. The van der Waals surface area contributed by atoms with Crippen LogP contribution in [0, 0.1) is 0 Å². The predicted molar refractivity (Wildman–Crippen MR) is 68.4 cm³/mol. The van der Waals surface area contributed by atoms with E-state index in [2.05, 4.69) is 18.9 Å². The lowest BCUT2D eigenvalue weighted by atomic mass is 10.1. The van der Waals surface area contributed by atoms with Gasteiger partial charge in [-0.1, -0.05) is 0 Å². The average molecular weight is 246 g/mol. The zero-order chi connectivity index (χ0) is 13.0. The van der Waals surface area contributed by atoms with Crippen LogP contribution in [0.2, 0.25) is 0 Å². The number of rotatable bonds is 6. The first kappa shape index (κ1) is 12.6. The Morgan fingerprint density at radius 1 is 1.44 bits per heavy atom. The Balaban J connectivity index is 1.83. The Hall–Kier alpha value is -1.84. The minimum absolute atomic E-state index is 0.195. The maximum absolute atomic E-state index is 11.8. The Labute approximate surface area is 107 Å². The van der Waals surface area contributed by atoms with Crippen LogP contribution < -0.4 is 0 Å². The van der Waals surface area contributed by atoms with E-state index in [4.69, 9.17) is 4.42 Å². The molecule has 96 valence electrons. The van der Waals surface area contributed by atoms with Gasteiger partial charge in [0.15, 0.2) is 0 Å². The lowest BCUT2D eigenvalue weighted by Gasteiger charge is -2.03. The number of aryl methyl sites for hydroxylation is 1. The van der Waals surface area contributed by atoms with E-state index in [-0.39, 0.29) is 5.78 Å². The van der Waals surface area contributed by atoms with E-state index < -0.39 is 0 Å². The van der Waals surface area contributed by atoms with E-state index in [1.807, 2.05) is 29.1 Å². The van der Waals surface area contributed by atoms with Crippen molar-refractivity contribution in [3.63, 3.8) is 0 Å². The van der Waals surface area contributed by atoms with E-state index in [1.54, 1.807) is 6.26 Å². The van der Waals surface area contributed by atoms with Crippen LogP contribution in [0.1, 0.15) is 37.8 Å². The number of aromatic nitrogens is 2. The van der Waals surface area contributed by atoms with Crippen molar-refractivity contribution in [2.45, 2.75) is 39.2 Å². The first-order valence-corrected chi connectivity index (χ1v) is 6.23. The van der Waals surface area contributed by atoms with Crippen molar-refractivity contribution in [2.24, 2.45) is 0 Å². The third-order valence-electron chi connectivity index (χ3n) is 2.80. The molecule has 0 bridgehead atoms. The maximum atomic E-state index is 11.8. The highest BCUT2D eigenvalue weighted by Crippen LogP contribution is 2.08. The topological polar surface area (TPSA) is 48.0 Å². The second kappa shape index (κ2) is 5.67. The molecule has 0 fully saturated rings. The van der Waals surface area contributed by atoms with Crippen LogP contribution in [0.4, 0.5) is 0 Å². The van der Waals surface area contributed by atoms with Crippen molar-refractivity contribution in [3.8, 4) is 0 Å². The molecule has 4 nitrogen and oxygen atoms in total. The number of nitrogens with zero attached hydrogens (tertiary/aromatic N) is 2. The number of carbonyl (C=O) groups is 1. The van der Waals surface area contributed by atoms with Crippen molar-refractivity contribution in [3.05, 3.63) is 42.1 Å². The van der Waals surface area contributed by atoms with Gasteiger partial charge in [0.05, 0.1) is 18.4 Å². The lowest BCUT2D eigenvalue weighted by molar-refractivity contribution is -0.118. The molecule has 18 heavy (non-hydrogen) atoms. The molecule has 2 heterocycles. The fourth-order valence-corrected chi connectivity index (χ4v) is 1.77. The molecule has 0 amide bonds. The van der Waals surface area contributed by atoms with Gasteiger partial charge in [0.1, 0.15) is 11.5 Å². The first-order chi connectivity index (χ1) is 8.65. The molecular formula is C14H18N2O2. The second-order valence-corrected chi connectivity index (χ2v) is 4.68. The van der Waals surface area contributed by atoms with Crippen molar-refractivity contribution in [1.29, 1.82) is 0 Å². The minimum Gasteiger partial charge on any atom is -0.469 e.